The highest BCUT2D eigenvalue weighted by Crippen LogP contribution is 2.29. The van der Waals surface area contributed by atoms with Crippen molar-refractivity contribution in [2.45, 2.75) is 32.7 Å². The minimum atomic E-state index is 0.206. The summed E-state index contributed by atoms with van der Waals surface area (Å²) in [7, 11) is 3.38. The van der Waals surface area contributed by atoms with Gasteiger partial charge in [0.15, 0.2) is 0 Å². The van der Waals surface area contributed by atoms with Gasteiger partial charge in [0.25, 0.3) is 0 Å². The maximum Gasteiger partial charge on any atom is 0.122 e. The molecule has 0 amide bonds. The van der Waals surface area contributed by atoms with Gasteiger partial charge in [0.05, 0.1) is 14.2 Å². The lowest BCUT2D eigenvalue weighted by molar-refractivity contribution is 0.395. The summed E-state index contributed by atoms with van der Waals surface area (Å²) in [5, 5.41) is 0. The predicted molar refractivity (Wildman–Crippen MR) is 66.3 cm³/mol. The highest BCUT2D eigenvalue weighted by Gasteiger charge is 2.09. The molecule has 0 aromatic heterocycles. The Labute approximate surface area is 97.6 Å². The highest BCUT2D eigenvalue weighted by atomic mass is 16.5. The Morgan fingerprint density at radius 1 is 1.19 bits per heavy atom. The Bertz CT molecular complexity index is 348. The number of hydrogen-bond donors (Lipinski definition) is 1. The number of nitrogens with two attached hydrogens (primary N) is 1. The van der Waals surface area contributed by atoms with Gasteiger partial charge in [-0.15, -0.1) is 0 Å². The average Bonchev–Trinajstić information content (AvgIpc) is 2.26. The van der Waals surface area contributed by atoms with Crippen LogP contribution < -0.4 is 15.2 Å². The van der Waals surface area contributed by atoms with E-state index in [2.05, 4.69) is 0 Å². The van der Waals surface area contributed by atoms with E-state index >= 15 is 0 Å². The Morgan fingerprint density at radius 3 is 2.31 bits per heavy atom. The van der Waals surface area contributed by atoms with Gasteiger partial charge in [0, 0.05) is 6.04 Å². The number of ether oxygens (including phenoxy) is 2. The molecule has 0 spiro atoms. The molecule has 0 saturated carbocycles. The van der Waals surface area contributed by atoms with Crippen molar-refractivity contribution in [1.82, 2.24) is 0 Å². The van der Waals surface area contributed by atoms with Crippen molar-refractivity contribution in [3.05, 3.63) is 23.3 Å². The zero-order valence-corrected chi connectivity index (χ0v) is 10.5. The SMILES string of the molecule is COc1cc(CCC(C)N)c(OC)cc1C. The van der Waals surface area contributed by atoms with Gasteiger partial charge in [-0.3, -0.25) is 0 Å². The lowest BCUT2D eigenvalue weighted by Crippen LogP contribution is -2.15. The van der Waals surface area contributed by atoms with E-state index < -0.39 is 0 Å². The first kappa shape index (κ1) is 12.8. The topological polar surface area (TPSA) is 44.5 Å². The molecule has 0 aliphatic rings. The second kappa shape index (κ2) is 5.75. The monoisotopic (exact) mass is 223 g/mol. The molecule has 1 aromatic rings. The second-order valence-corrected chi connectivity index (χ2v) is 4.15. The third-order valence-electron chi connectivity index (χ3n) is 2.67. The molecule has 2 N–H and O–H groups in total. The lowest BCUT2D eigenvalue weighted by atomic mass is 10.0. The van der Waals surface area contributed by atoms with E-state index in [1.54, 1.807) is 14.2 Å². The zero-order valence-electron chi connectivity index (χ0n) is 10.5. The summed E-state index contributed by atoms with van der Waals surface area (Å²) in [5.74, 6) is 1.82. The Kier molecular flexibility index (Phi) is 4.62. The molecule has 1 rings (SSSR count). The van der Waals surface area contributed by atoms with Crippen LogP contribution in [0.4, 0.5) is 0 Å². The summed E-state index contributed by atoms with van der Waals surface area (Å²) in [4.78, 5) is 0. The maximum absolute atomic E-state index is 5.76. The Hall–Kier alpha value is -1.22. The van der Waals surface area contributed by atoms with Crippen molar-refractivity contribution in [3.63, 3.8) is 0 Å². The van der Waals surface area contributed by atoms with E-state index in [9.17, 15) is 0 Å². The van der Waals surface area contributed by atoms with Crippen molar-refractivity contribution >= 4 is 0 Å². The summed E-state index contributed by atoms with van der Waals surface area (Å²) in [6.45, 7) is 4.02. The van der Waals surface area contributed by atoms with Crippen LogP contribution in [0.1, 0.15) is 24.5 Å². The van der Waals surface area contributed by atoms with Gasteiger partial charge < -0.3 is 15.2 Å². The number of hydrogen-bond acceptors (Lipinski definition) is 3. The number of aryl methyl sites for hydroxylation is 2. The second-order valence-electron chi connectivity index (χ2n) is 4.15. The maximum atomic E-state index is 5.76. The first-order valence-electron chi connectivity index (χ1n) is 5.55. The molecule has 3 heteroatoms. The normalized spacial score (nSPS) is 12.3. The quantitative estimate of drug-likeness (QED) is 0.833. The van der Waals surface area contributed by atoms with Crippen LogP contribution in [0.15, 0.2) is 12.1 Å². The smallest absolute Gasteiger partial charge is 0.122 e. The summed E-state index contributed by atoms with van der Waals surface area (Å²) in [6, 6.07) is 4.25. The molecule has 3 nitrogen and oxygen atoms in total. The van der Waals surface area contributed by atoms with Crippen molar-refractivity contribution < 1.29 is 9.47 Å². The largest absolute Gasteiger partial charge is 0.496 e. The highest BCUT2D eigenvalue weighted by molar-refractivity contribution is 5.46. The van der Waals surface area contributed by atoms with Gasteiger partial charge in [0.1, 0.15) is 11.5 Å². The van der Waals surface area contributed by atoms with Gasteiger partial charge in [-0.2, -0.15) is 0 Å². The lowest BCUT2D eigenvalue weighted by Gasteiger charge is -2.13. The van der Waals surface area contributed by atoms with Gasteiger partial charge in [-0.1, -0.05) is 0 Å². The van der Waals surface area contributed by atoms with E-state index in [-0.39, 0.29) is 6.04 Å². The fourth-order valence-electron chi connectivity index (χ4n) is 1.69. The van der Waals surface area contributed by atoms with Gasteiger partial charge in [-0.25, -0.2) is 0 Å². The Balaban J connectivity index is 2.95. The summed E-state index contributed by atoms with van der Waals surface area (Å²) in [5.41, 5.74) is 8.00. The number of rotatable bonds is 5. The van der Waals surface area contributed by atoms with E-state index in [4.69, 9.17) is 15.2 Å². The number of benzene rings is 1. The summed E-state index contributed by atoms with van der Waals surface area (Å²) >= 11 is 0. The molecular formula is C13H21NO2. The van der Waals surface area contributed by atoms with Crippen molar-refractivity contribution in [3.8, 4) is 11.5 Å². The summed E-state index contributed by atoms with van der Waals surface area (Å²) < 4.78 is 10.7. The van der Waals surface area contributed by atoms with Gasteiger partial charge in [0.2, 0.25) is 0 Å². The van der Waals surface area contributed by atoms with Gasteiger partial charge in [-0.05, 0) is 49.9 Å². The molecule has 0 bridgehead atoms. The number of methoxy groups -OCH3 is 2. The predicted octanol–water partition coefficient (Wildman–Crippen LogP) is 2.29. The molecule has 90 valence electrons. The fraction of sp³-hybridized carbons (Fsp3) is 0.538. The molecule has 0 saturated heterocycles. The van der Waals surface area contributed by atoms with Crippen molar-refractivity contribution in [1.29, 1.82) is 0 Å². The van der Waals surface area contributed by atoms with Crippen LogP contribution in [0.5, 0.6) is 11.5 Å². The molecule has 0 fully saturated rings. The van der Waals surface area contributed by atoms with Crippen LogP contribution in [-0.2, 0) is 6.42 Å². The van der Waals surface area contributed by atoms with Crippen LogP contribution in [0.2, 0.25) is 0 Å². The van der Waals surface area contributed by atoms with Crippen molar-refractivity contribution in [2.75, 3.05) is 14.2 Å². The summed E-state index contributed by atoms with van der Waals surface area (Å²) in [6.07, 6.45) is 1.86. The molecule has 16 heavy (non-hydrogen) atoms. The third-order valence-corrected chi connectivity index (χ3v) is 2.67. The minimum absolute atomic E-state index is 0.206. The van der Waals surface area contributed by atoms with Crippen LogP contribution in [0.3, 0.4) is 0 Å². The van der Waals surface area contributed by atoms with Crippen molar-refractivity contribution in [2.24, 2.45) is 5.73 Å². The van der Waals surface area contributed by atoms with Crippen LogP contribution in [-0.4, -0.2) is 20.3 Å². The molecule has 0 aliphatic heterocycles. The van der Waals surface area contributed by atoms with Crippen LogP contribution in [0.25, 0.3) is 0 Å². The first-order valence-corrected chi connectivity index (χ1v) is 5.55. The molecule has 0 heterocycles. The first-order chi connectivity index (χ1) is 7.58. The molecule has 1 atom stereocenters. The van der Waals surface area contributed by atoms with E-state index in [1.165, 1.54) is 0 Å². The molecule has 1 aromatic carbocycles. The zero-order chi connectivity index (χ0) is 12.1. The van der Waals surface area contributed by atoms with Gasteiger partial charge >= 0.3 is 0 Å². The van der Waals surface area contributed by atoms with E-state index in [1.807, 2.05) is 26.0 Å². The molecule has 0 radical (unpaired) electrons. The minimum Gasteiger partial charge on any atom is -0.496 e. The van der Waals surface area contributed by atoms with Crippen LogP contribution >= 0.6 is 0 Å². The Morgan fingerprint density at radius 2 is 1.81 bits per heavy atom. The van der Waals surface area contributed by atoms with Crippen LogP contribution in [0, 0.1) is 6.92 Å². The third kappa shape index (κ3) is 3.14. The molecule has 1 unspecified atom stereocenters. The molecule has 0 aliphatic carbocycles. The fourth-order valence-corrected chi connectivity index (χ4v) is 1.69. The average molecular weight is 223 g/mol. The van der Waals surface area contributed by atoms with E-state index in [0.717, 1.165) is 35.5 Å². The van der Waals surface area contributed by atoms with E-state index in [0.29, 0.717) is 0 Å². The standard InChI is InChI=1S/C13H21NO2/c1-9-7-13(16-4)11(6-5-10(2)14)8-12(9)15-3/h7-8,10H,5-6,14H2,1-4H3. The molecular weight excluding hydrogens is 202 g/mol.